The van der Waals surface area contributed by atoms with E-state index >= 15 is 0 Å². The Bertz CT molecular complexity index is 291. The molecule has 2 N–H and O–H groups in total. The molecule has 0 aliphatic rings. The highest BCUT2D eigenvalue weighted by atomic mass is 32.2. The summed E-state index contributed by atoms with van der Waals surface area (Å²) in [5.74, 6) is 0.201. The van der Waals surface area contributed by atoms with E-state index in [1.54, 1.807) is 0 Å². The summed E-state index contributed by atoms with van der Waals surface area (Å²) in [5.41, 5.74) is 0.00288. The molecule has 0 rings (SSSR count). The molecule has 0 aliphatic carbocycles. The molecule has 0 heterocycles. The lowest BCUT2D eigenvalue weighted by Crippen LogP contribution is -2.36. The number of sulfonamides is 1. The second kappa shape index (κ2) is 5.98. The fourth-order valence-corrected chi connectivity index (χ4v) is 2.94. The van der Waals surface area contributed by atoms with Crippen molar-refractivity contribution in [2.75, 3.05) is 12.3 Å². The molecule has 0 aromatic carbocycles. The number of hydrogen-bond donors (Lipinski definition) is 2. The highest BCUT2D eigenvalue weighted by Gasteiger charge is 2.19. The third-order valence-corrected chi connectivity index (χ3v) is 3.65. The van der Waals surface area contributed by atoms with Crippen molar-refractivity contribution in [1.82, 2.24) is 4.72 Å². The summed E-state index contributed by atoms with van der Waals surface area (Å²) in [5, 5.41) is 9.66. The third kappa shape index (κ3) is 9.12. The fraction of sp³-hybridized carbons (Fsp3) is 1.00. The van der Waals surface area contributed by atoms with Crippen LogP contribution in [0, 0.1) is 11.3 Å². The monoisotopic (exact) mass is 251 g/mol. The quantitative estimate of drug-likeness (QED) is 0.749. The van der Waals surface area contributed by atoms with Gasteiger partial charge >= 0.3 is 0 Å². The van der Waals surface area contributed by atoms with Crippen molar-refractivity contribution in [3.63, 3.8) is 0 Å². The van der Waals surface area contributed by atoms with Crippen molar-refractivity contribution < 1.29 is 13.5 Å². The molecule has 1 atom stereocenters. The Morgan fingerprint density at radius 3 is 2.12 bits per heavy atom. The van der Waals surface area contributed by atoms with E-state index in [1.807, 2.05) is 34.6 Å². The van der Waals surface area contributed by atoms with Crippen LogP contribution in [0.25, 0.3) is 0 Å². The molecule has 0 radical (unpaired) electrons. The van der Waals surface area contributed by atoms with Crippen LogP contribution in [0.4, 0.5) is 0 Å². The zero-order chi connectivity index (χ0) is 13.0. The maximum Gasteiger partial charge on any atom is 0.211 e. The predicted molar refractivity (Wildman–Crippen MR) is 66.7 cm³/mol. The van der Waals surface area contributed by atoms with Crippen molar-refractivity contribution in [3.8, 4) is 0 Å². The van der Waals surface area contributed by atoms with Crippen LogP contribution in [-0.4, -0.2) is 31.9 Å². The summed E-state index contributed by atoms with van der Waals surface area (Å²) in [6, 6.07) is 0. The Balaban J connectivity index is 4.06. The molecule has 0 aromatic heterocycles. The van der Waals surface area contributed by atoms with Crippen LogP contribution >= 0.6 is 0 Å². The van der Waals surface area contributed by atoms with Gasteiger partial charge in [-0.3, -0.25) is 0 Å². The summed E-state index contributed by atoms with van der Waals surface area (Å²) in [6.45, 7) is 9.85. The molecule has 0 aromatic rings. The minimum absolute atomic E-state index is 0.00288. The van der Waals surface area contributed by atoms with Gasteiger partial charge in [-0.2, -0.15) is 0 Å². The first-order valence-electron chi connectivity index (χ1n) is 5.67. The predicted octanol–water partition coefficient (Wildman–Crippen LogP) is 1.36. The maximum atomic E-state index is 11.5. The molecule has 98 valence electrons. The number of aliphatic hydroxyl groups excluding tert-OH is 1. The summed E-state index contributed by atoms with van der Waals surface area (Å²) >= 11 is 0. The lowest BCUT2D eigenvalue weighted by molar-refractivity contribution is 0.125. The summed E-state index contributed by atoms with van der Waals surface area (Å²) in [7, 11) is -3.24. The first kappa shape index (κ1) is 15.9. The third-order valence-electron chi connectivity index (χ3n) is 1.94. The Morgan fingerprint density at radius 1 is 1.25 bits per heavy atom. The van der Waals surface area contributed by atoms with Gasteiger partial charge in [-0.15, -0.1) is 0 Å². The zero-order valence-corrected chi connectivity index (χ0v) is 11.8. The second-order valence-corrected chi connectivity index (χ2v) is 7.79. The van der Waals surface area contributed by atoms with E-state index in [4.69, 9.17) is 0 Å². The molecule has 4 nitrogen and oxygen atoms in total. The van der Waals surface area contributed by atoms with E-state index in [2.05, 4.69) is 4.72 Å². The molecule has 0 amide bonds. The minimum atomic E-state index is -3.24. The summed E-state index contributed by atoms with van der Waals surface area (Å²) in [4.78, 5) is 0. The van der Waals surface area contributed by atoms with Crippen molar-refractivity contribution in [1.29, 1.82) is 0 Å². The molecule has 0 aliphatic heterocycles. The maximum absolute atomic E-state index is 11.5. The average molecular weight is 251 g/mol. The SMILES string of the molecule is CC(C)CS(=O)(=O)NCC(O)CC(C)(C)C. The van der Waals surface area contributed by atoms with Crippen LogP contribution in [0.5, 0.6) is 0 Å². The van der Waals surface area contributed by atoms with Gasteiger partial charge < -0.3 is 5.11 Å². The van der Waals surface area contributed by atoms with E-state index in [9.17, 15) is 13.5 Å². The smallest absolute Gasteiger partial charge is 0.211 e. The van der Waals surface area contributed by atoms with Crippen LogP contribution < -0.4 is 4.72 Å². The zero-order valence-electron chi connectivity index (χ0n) is 10.9. The van der Waals surface area contributed by atoms with Crippen molar-refractivity contribution >= 4 is 10.0 Å². The Kier molecular flexibility index (Phi) is 5.93. The molecule has 0 bridgehead atoms. The number of nitrogens with one attached hydrogen (secondary N) is 1. The van der Waals surface area contributed by atoms with Crippen LogP contribution in [0.3, 0.4) is 0 Å². The van der Waals surface area contributed by atoms with Gasteiger partial charge in [0.15, 0.2) is 0 Å². The van der Waals surface area contributed by atoms with E-state index in [0.29, 0.717) is 6.42 Å². The van der Waals surface area contributed by atoms with Gasteiger partial charge in [0.25, 0.3) is 0 Å². The van der Waals surface area contributed by atoms with Crippen molar-refractivity contribution in [2.45, 2.75) is 47.1 Å². The van der Waals surface area contributed by atoms with Gasteiger partial charge in [-0.25, -0.2) is 13.1 Å². The van der Waals surface area contributed by atoms with Crippen molar-refractivity contribution in [3.05, 3.63) is 0 Å². The number of hydrogen-bond acceptors (Lipinski definition) is 3. The first-order chi connectivity index (χ1) is 7.02. The fourth-order valence-electron chi connectivity index (χ4n) is 1.50. The van der Waals surface area contributed by atoms with E-state index < -0.39 is 16.1 Å². The lowest BCUT2D eigenvalue weighted by atomic mass is 9.89. The van der Waals surface area contributed by atoms with E-state index in [0.717, 1.165) is 0 Å². The van der Waals surface area contributed by atoms with Gasteiger partial charge in [-0.05, 0) is 17.8 Å². The molecular formula is C11H25NO3S. The normalized spacial score (nSPS) is 15.4. The molecule has 5 heteroatoms. The van der Waals surface area contributed by atoms with Crippen LogP contribution in [0.1, 0.15) is 41.0 Å². The summed E-state index contributed by atoms with van der Waals surface area (Å²) < 4.78 is 25.4. The van der Waals surface area contributed by atoms with Crippen LogP contribution in [0.15, 0.2) is 0 Å². The summed E-state index contributed by atoms with van der Waals surface area (Å²) in [6.07, 6.45) is -0.0427. The number of aliphatic hydroxyl groups is 1. The number of rotatable bonds is 6. The van der Waals surface area contributed by atoms with Crippen molar-refractivity contribution in [2.24, 2.45) is 11.3 Å². The highest BCUT2D eigenvalue weighted by Crippen LogP contribution is 2.20. The van der Waals surface area contributed by atoms with E-state index in [1.165, 1.54) is 0 Å². The highest BCUT2D eigenvalue weighted by molar-refractivity contribution is 7.89. The van der Waals surface area contributed by atoms with E-state index in [-0.39, 0.29) is 23.6 Å². The largest absolute Gasteiger partial charge is 0.392 e. The van der Waals surface area contributed by atoms with Gasteiger partial charge in [0, 0.05) is 6.54 Å². The Hall–Kier alpha value is -0.130. The topological polar surface area (TPSA) is 66.4 Å². The van der Waals surface area contributed by atoms with Gasteiger partial charge in [0.05, 0.1) is 11.9 Å². The lowest BCUT2D eigenvalue weighted by Gasteiger charge is -2.22. The van der Waals surface area contributed by atoms with Crippen LogP contribution in [0.2, 0.25) is 0 Å². The Labute approximate surface area is 99.5 Å². The molecule has 16 heavy (non-hydrogen) atoms. The molecular weight excluding hydrogens is 226 g/mol. The second-order valence-electron chi connectivity index (χ2n) is 5.94. The minimum Gasteiger partial charge on any atom is -0.392 e. The molecule has 0 fully saturated rings. The van der Waals surface area contributed by atoms with Gasteiger partial charge in [0.1, 0.15) is 0 Å². The Morgan fingerprint density at radius 2 is 1.75 bits per heavy atom. The molecule has 0 saturated carbocycles. The van der Waals surface area contributed by atoms with Gasteiger partial charge in [0.2, 0.25) is 10.0 Å². The standard InChI is InChI=1S/C11H25NO3S/c1-9(2)8-16(14,15)12-7-10(13)6-11(3,4)5/h9-10,12-13H,6-8H2,1-5H3. The molecule has 1 unspecified atom stereocenters. The first-order valence-corrected chi connectivity index (χ1v) is 7.32. The molecule has 0 spiro atoms. The van der Waals surface area contributed by atoms with Gasteiger partial charge in [-0.1, -0.05) is 34.6 Å². The molecule has 0 saturated heterocycles. The average Bonchev–Trinajstić information content (AvgIpc) is 1.95. The van der Waals surface area contributed by atoms with Crippen LogP contribution in [-0.2, 0) is 10.0 Å².